The number of anilines is 2. The van der Waals surface area contributed by atoms with Gasteiger partial charge in [0.2, 0.25) is 15.9 Å². The number of nitrogens with one attached hydrogen (secondary N) is 3. The highest BCUT2D eigenvalue weighted by Crippen LogP contribution is 2.24. The minimum atomic E-state index is -3.31. The summed E-state index contributed by atoms with van der Waals surface area (Å²) < 4.78 is 30.9. The minimum Gasteiger partial charge on any atom is -0.439 e. The van der Waals surface area contributed by atoms with Crippen LogP contribution < -0.4 is 20.1 Å². The molecule has 0 radical (unpaired) electrons. The van der Waals surface area contributed by atoms with Crippen molar-refractivity contribution in [1.29, 1.82) is 0 Å². The summed E-state index contributed by atoms with van der Waals surface area (Å²) in [7, 11) is -3.31. The van der Waals surface area contributed by atoms with E-state index in [9.17, 15) is 13.2 Å². The fourth-order valence-electron chi connectivity index (χ4n) is 5.45. The van der Waals surface area contributed by atoms with Crippen LogP contribution in [0, 0.1) is 0 Å². The molecule has 0 bridgehead atoms. The SMILES string of the molecule is CS(=O)(=O)Nc1ccc(Oc2ccc(CN3CCC(Nc4ccc(C(=O)NC5CCCCC5)cc4)CC3)cn2)cc1.Cl. The van der Waals surface area contributed by atoms with E-state index in [1.165, 1.54) is 19.3 Å². The molecule has 1 aliphatic carbocycles. The Bertz CT molecular complexity index is 1390. The number of benzene rings is 2. The van der Waals surface area contributed by atoms with Gasteiger partial charge in [0.05, 0.1) is 6.26 Å². The number of carbonyl (C=O) groups excluding carboxylic acids is 1. The molecule has 11 heteroatoms. The molecule has 5 rings (SSSR count). The zero-order chi connectivity index (χ0) is 28.7. The Hall–Kier alpha value is -3.34. The number of aromatic nitrogens is 1. The van der Waals surface area contributed by atoms with Crippen LogP contribution in [0.1, 0.15) is 60.9 Å². The van der Waals surface area contributed by atoms with Crippen molar-refractivity contribution in [2.45, 2.75) is 63.6 Å². The van der Waals surface area contributed by atoms with Crippen LogP contribution in [0.5, 0.6) is 11.6 Å². The summed E-state index contributed by atoms with van der Waals surface area (Å²) >= 11 is 0. The first-order chi connectivity index (χ1) is 19.8. The number of piperidine rings is 1. The van der Waals surface area contributed by atoms with Crippen LogP contribution in [-0.2, 0) is 16.6 Å². The lowest BCUT2D eigenvalue weighted by Crippen LogP contribution is -2.38. The second-order valence-corrected chi connectivity index (χ2v) is 12.8. The van der Waals surface area contributed by atoms with Crippen LogP contribution in [-0.4, -0.2) is 55.6 Å². The number of pyridine rings is 1. The number of hydrogen-bond donors (Lipinski definition) is 3. The summed E-state index contributed by atoms with van der Waals surface area (Å²) in [4.78, 5) is 19.5. The summed E-state index contributed by atoms with van der Waals surface area (Å²) in [6, 6.07) is 19.2. The Morgan fingerprint density at radius 1 is 0.881 bits per heavy atom. The lowest BCUT2D eigenvalue weighted by molar-refractivity contribution is 0.0927. The van der Waals surface area contributed by atoms with Gasteiger partial charge in [0.1, 0.15) is 5.75 Å². The molecule has 2 aromatic carbocycles. The van der Waals surface area contributed by atoms with Crippen LogP contribution in [0.3, 0.4) is 0 Å². The number of halogens is 1. The Kier molecular flexibility index (Phi) is 11.1. The third-order valence-electron chi connectivity index (χ3n) is 7.63. The number of sulfonamides is 1. The first-order valence-electron chi connectivity index (χ1n) is 14.4. The smallest absolute Gasteiger partial charge is 0.251 e. The van der Waals surface area contributed by atoms with E-state index in [0.717, 1.165) is 68.4 Å². The van der Waals surface area contributed by atoms with Gasteiger partial charge >= 0.3 is 0 Å². The monoisotopic (exact) mass is 613 g/mol. The number of likely N-dealkylation sites (tertiary alicyclic amines) is 1. The Labute approximate surface area is 254 Å². The second-order valence-electron chi connectivity index (χ2n) is 11.1. The topological polar surface area (TPSA) is 113 Å². The average molecular weight is 614 g/mol. The van der Waals surface area contributed by atoms with Crippen LogP contribution >= 0.6 is 12.4 Å². The normalized spacial score (nSPS) is 16.7. The molecule has 3 aromatic rings. The zero-order valence-electron chi connectivity index (χ0n) is 23.9. The van der Waals surface area contributed by atoms with E-state index in [0.29, 0.717) is 29.4 Å². The fourth-order valence-corrected chi connectivity index (χ4v) is 6.02. The molecule has 1 saturated heterocycles. The van der Waals surface area contributed by atoms with Crippen molar-refractivity contribution < 1.29 is 17.9 Å². The maximum atomic E-state index is 12.6. The lowest BCUT2D eigenvalue weighted by Gasteiger charge is -2.32. The van der Waals surface area contributed by atoms with E-state index in [1.807, 2.05) is 42.6 Å². The predicted octanol–water partition coefficient (Wildman–Crippen LogP) is 5.81. The van der Waals surface area contributed by atoms with Crippen LogP contribution in [0.15, 0.2) is 66.9 Å². The van der Waals surface area contributed by atoms with Gasteiger partial charge in [-0.1, -0.05) is 25.3 Å². The molecule has 0 atom stereocenters. The summed E-state index contributed by atoms with van der Waals surface area (Å²) in [5.74, 6) is 1.10. The number of amides is 1. The van der Waals surface area contributed by atoms with E-state index < -0.39 is 10.0 Å². The number of carbonyl (C=O) groups is 1. The van der Waals surface area contributed by atoms with E-state index >= 15 is 0 Å². The second kappa shape index (κ2) is 14.7. The molecule has 226 valence electrons. The molecule has 1 aliphatic heterocycles. The maximum absolute atomic E-state index is 12.6. The van der Waals surface area contributed by atoms with Crippen molar-refractivity contribution >= 4 is 39.7 Å². The van der Waals surface area contributed by atoms with Gasteiger partial charge in [-0.2, -0.15) is 0 Å². The Morgan fingerprint density at radius 3 is 2.17 bits per heavy atom. The standard InChI is InChI=1S/C31H39N5O4S.ClH/c1-41(38,39)35-28-12-14-29(15-13-28)40-30-16-7-23(21-32-30)22-36-19-17-27(18-20-36)33-26-10-8-24(9-11-26)31(37)34-25-5-3-2-4-6-25;/h7-16,21,25,27,33,35H,2-6,17-20,22H2,1H3,(H,34,37);1H. The molecule has 1 aromatic heterocycles. The van der Waals surface area contributed by atoms with E-state index in [4.69, 9.17) is 4.74 Å². The summed E-state index contributed by atoms with van der Waals surface area (Å²) in [6.45, 7) is 2.81. The van der Waals surface area contributed by atoms with Gasteiger partial charge in [0.25, 0.3) is 5.91 Å². The number of nitrogens with zero attached hydrogens (tertiary/aromatic N) is 2. The average Bonchev–Trinajstić information content (AvgIpc) is 2.96. The highest BCUT2D eigenvalue weighted by atomic mass is 35.5. The quantitative estimate of drug-likeness (QED) is 0.265. The van der Waals surface area contributed by atoms with Crippen molar-refractivity contribution in [1.82, 2.24) is 15.2 Å². The summed E-state index contributed by atoms with van der Waals surface area (Å²) in [5, 5.41) is 6.82. The van der Waals surface area contributed by atoms with Crippen molar-refractivity contribution in [3.05, 3.63) is 78.0 Å². The molecule has 1 amide bonds. The van der Waals surface area contributed by atoms with Gasteiger partial charge in [-0.05, 0) is 79.8 Å². The third-order valence-corrected chi connectivity index (χ3v) is 8.24. The first-order valence-corrected chi connectivity index (χ1v) is 16.3. The third kappa shape index (κ3) is 9.61. The van der Waals surface area contributed by atoms with Crippen molar-refractivity contribution in [3.8, 4) is 11.6 Å². The Balaban J connectivity index is 0.00000405. The van der Waals surface area contributed by atoms with Gasteiger partial charge in [0.15, 0.2) is 0 Å². The molecule has 0 unspecified atom stereocenters. The zero-order valence-corrected chi connectivity index (χ0v) is 25.6. The predicted molar refractivity (Wildman–Crippen MR) is 169 cm³/mol. The van der Waals surface area contributed by atoms with Crippen LogP contribution in [0.2, 0.25) is 0 Å². The molecule has 3 N–H and O–H groups in total. The maximum Gasteiger partial charge on any atom is 0.251 e. The molecule has 1 saturated carbocycles. The molecule has 2 fully saturated rings. The Morgan fingerprint density at radius 2 is 1.55 bits per heavy atom. The van der Waals surface area contributed by atoms with Gasteiger partial charge in [-0.15, -0.1) is 12.4 Å². The molecule has 9 nitrogen and oxygen atoms in total. The lowest BCUT2D eigenvalue weighted by atomic mass is 9.95. The summed E-state index contributed by atoms with van der Waals surface area (Å²) in [6.07, 6.45) is 10.9. The van der Waals surface area contributed by atoms with E-state index in [2.05, 4.69) is 25.2 Å². The van der Waals surface area contributed by atoms with Crippen LogP contribution in [0.25, 0.3) is 0 Å². The highest BCUT2D eigenvalue weighted by molar-refractivity contribution is 7.92. The number of rotatable bonds is 10. The molecular formula is C31H40ClN5O4S. The molecule has 2 aliphatic rings. The van der Waals surface area contributed by atoms with E-state index in [1.54, 1.807) is 24.3 Å². The number of ether oxygens (including phenoxy) is 1. The van der Waals surface area contributed by atoms with Crippen molar-refractivity contribution in [3.63, 3.8) is 0 Å². The van der Waals surface area contributed by atoms with Gasteiger partial charge in [-0.25, -0.2) is 13.4 Å². The first kappa shape index (κ1) is 31.6. The van der Waals surface area contributed by atoms with Gasteiger partial charge in [0, 0.05) is 60.9 Å². The molecular weight excluding hydrogens is 574 g/mol. The largest absolute Gasteiger partial charge is 0.439 e. The minimum absolute atomic E-state index is 0. The molecule has 42 heavy (non-hydrogen) atoms. The molecule has 0 spiro atoms. The highest BCUT2D eigenvalue weighted by Gasteiger charge is 2.20. The molecule has 2 heterocycles. The van der Waals surface area contributed by atoms with Gasteiger partial charge in [-0.3, -0.25) is 14.4 Å². The van der Waals surface area contributed by atoms with Crippen molar-refractivity contribution in [2.24, 2.45) is 0 Å². The van der Waals surface area contributed by atoms with E-state index in [-0.39, 0.29) is 18.3 Å². The fraction of sp³-hybridized carbons (Fsp3) is 0.419. The van der Waals surface area contributed by atoms with Crippen LogP contribution in [0.4, 0.5) is 11.4 Å². The van der Waals surface area contributed by atoms with Crippen molar-refractivity contribution in [2.75, 3.05) is 29.4 Å². The number of hydrogen-bond acceptors (Lipinski definition) is 7. The summed E-state index contributed by atoms with van der Waals surface area (Å²) in [5.41, 5.74) is 3.38. The van der Waals surface area contributed by atoms with Gasteiger partial charge < -0.3 is 15.4 Å².